The van der Waals surface area contributed by atoms with Crippen molar-refractivity contribution >= 4 is 17.6 Å². The Kier molecular flexibility index (Phi) is 5.12. The maximum absolute atomic E-state index is 11.8. The van der Waals surface area contributed by atoms with Gasteiger partial charge in [0.1, 0.15) is 11.3 Å². The third-order valence-electron chi connectivity index (χ3n) is 4.28. The lowest BCUT2D eigenvalue weighted by atomic mass is 9.90. The summed E-state index contributed by atoms with van der Waals surface area (Å²) in [6.07, 6.45) is 3.20. The Morgan fingerprint density at radius 1 is 1.52 bits per heavy atom. The van der Waals surface area contributed by atoms with Crippen molar-refractivity contribution in [2.75, 3.05) is 13.7 Å². The molecule has 4 nitrogen and oxygen atoms in total. The topological polar surface area (TPSA) is 49.8 Å². The van der Waals surface area contributed by atoms with E-state index in [0.29, 0.717) is 23.7 Å². The fourth-order valence-corrected chi connectivity index (χ4v) is 3.52. The van der Waals surface area contributed by atoms with E-state index in [4.69, 9.17) is 16.3 Å². The Hall–Kier alpha value is -1.26. The van der Waals surface area contributed by atoms with Gasteiger partial charge in [-0.1, -0.05) is 31.0 Å². The van der Waals surface area contributed by atoms with Gasteiger partial charge in [-0.15, -0.1) is 0 Å². The highest BCUT2D eigenvalue weighted by Gasteiger charge is 2.46. The second-order valence-electron chi connectivity index (χ2n) is 5.58. The average Bonchev–Trinajstić information content (AvgIpc) is 2.84. The van der Waals surface area contributed by atoms with Crippen LogP contribution in [0.15, 0.2) is 18.2 Å². The Bertz CT molecular complexity index is 520. The summed E-state index contributed by atoms with van der Waals surface area (Å²) in [5.41, 5.74) is 0.297. The summed E-state index contributed by atoms with van der Waals surface area (Å²) in [5, 5.41) is 10.3. The Labute approximate surface area is 130 Å². The first-order valence-corrected chi connectivity index (χ1v) is 7.72. The summed E-state index contributed by atoms with van der Waals surface area (Å²) in [7, 11) is 1.58. The van der Waals surface area contributed by atoms with Crippen LogP contribution >= 0.6 is 11.6 Å². The van der Waals surface area contributed by atoms with Crippen LogP contribution in [0, 0.1) is 0 Å². The van der Waals surface area contributed by atoms with Crippen molar-refractivity contribution in [3.8, 4) is 5.75 Å². The first-order valence-electron chi connectivity index (χ1n) is 7.34. The maximum atomic E-state index is 11.8. The summed E-state index contributed by atoms with van der Waals surface area (Å²) >= 11 is 6.15. The number of carboxylic acid groups (broad SMARTS) is 1. The van der Waals surface area contributed by atoms with Crippen LogP contribution in [-0.4, -0.2) is 35.2 Å². The SMILES string of the molecule is CCCC1(C(=O)O)CCCN1Cc1ccc(OC)c(Cl)c1. The van der Waals surface area contributed by atoms with Crippen LogP contribution in [-0.2, 0) is 11.3 Å². The van der Waals surface area contributed by atoms with Crippen LogP contribution in [0.4, 0.5) is 0 Å². The van der Waals surface area contributed by atoms with Crippen LogP contribution in [0.5, 0.6) is 5.75 Å². The van der Waals surface area contributed by atoms with Gasteiger partial charge in [0.05, 0.1) is 12.1 Å². The number of aliphatic carboxylic acids is 1. The molecule has 1 fully saturated rings. The predicted octanol–water partition coefficient (Wildman–Crippen LogP) is 3.57. The van der Waals surface area contributed by atoms with Gasteiger partial charge in [0.25, 0.3) is 0 Å². The molecule has 5 heteroatoms. The van der Waals surface area contributed by atoms with E-state index < -0.39 is 11.5 Å². The number of methoxy groups -OCH3 is 1. The quantitative estimate of drug-likeness (QED) is 0.872. The third kappa shape index (κ3) is 3.16. The third-order valence-corrected chi connectivity index (χ3v) is 4.57. The number of hydrogen-bond donors (Lipinski definition) is 1. The van der Waals surface area contributed by atoms with E-state index in [1.54, 1.807) is 7.11 Å². The normalized spacial score (nSPS) is 22.4. The largest absolute Gasteiger partial charge is 0.495 e. The molecule has 0 spiro atoms. The second kappa shape index (κ2) is 6.67. The molecule has 0 radical (unpaired) electrons. The first-order chi connectivity index (χ1) is 10.0. The summed E-state index contributed by atoms with van der Waals surface area (Å²) in [4.78, 5) is 13.9. The van der Waals surface area contributed by atoms with E-state index in [1.807, 2.05) is 25.1 Å². The second-order valence-corrected chi connectivity index (χ2v) is 5.99. The van der Waals surface area contributed by atoms with Crippen molar-refractivity contribution in [3.63, 3.8) is 0 Å². The van der Waals surface area contributed by atoms with Gasteiger partial charge in [-0.2, -0.15) is 0 Å². The smallest absolute Gasteiger partial charge is 0.324 e. The molecule has 0 aromatic heterocycles. The number of carboxylic acids is 1. The molecule has 1 aromatic rings. The highest BCUT2D eigenvalue weighted by atomic mass is 35.5. The van der Waals surface area contributed by atoms with Crippen molar-refractivity contribution in [1.29, 1.82) is 0 Å². The number of hydrogen-bond acceptors (Lipinski definition) is 3. The van der Waals surface area contributed by atoms with E-state index in [0.717, 1.165) is 31.4 Å². The molecule has 1 saturated heterocycles. The molecule has 1 aliphatic heterocycles. The monoisotopic (exact) mass is 311 g/mol. The highest BCUT2D eigenvalue weighted by Crippen LogP contribution is 2.36. The molecule has 116 valence electrons. The summed E-state index contributed by atoms with van der Waals surface area (Å²) in [6, 6.07) is 5.63. The number of halogens is 1. The first kappa shape index (κ1) is 16.1. The fourth-order valence-electron chi connectivity index (χ4n) is 3.24. The van der Waals surface area contributed by atoms with E-state index >= 15 is 0 Å². The van der Waals surface area contributed by atoms with Crippen molar-refractivity contribution in [2.45, 2.75) is 44.7 Å². The highest BCUT2D eigenvalue weighted by molar-refractivity contribution is 6.32. The van der Waals surface area contributed by atoms with Crippen LogP contribution in [0.1, 0.15) is 38.2 Å². The molecule has 1 N–H and O–H groups in total. The molecule has 1 aliphatic rings. The Morgan fingerprint density at radius 2 is 2.29 bits per heavy atom. The summed E-state index contributed by atoms with van der Waals surface area (Å²) in [5.74, 6) is -0.0682. The van der Waals surface area contributed by atoms with Crippen molar-refractivity contribution in [1.82, 2.24) is 4.90 Å². The molecule has 0 aliphatic carbocycles. The van der Waals surface area contributed by atoms with E-state index in [1.165, 1.54) is 0 Å². The minimum absolute atomic E-state index is 0.561. The molecular formula is C16H22ClNO3. The summed E-state index contributed by atoms with van der Waals surface area (Å²) < 4.78 is 5.15. The molecule has 1 heterocycles. The van der Waals surface area contributed by atoms with Crippen LogP contribution < -0.4 is 4.74 Å². The zero-order valence-electron chi connectivity index (χ0n) is 12.6. The van der Waals surface area contributed by atoms with Gasteiger partial charge in [0.15, 0.2) is 0 Å². The lowest BCUT2D eigenvalue weighted by molar-refractivity contribution is -0.150. The van der Waals surface area contributed by atoms with Crippen LogP contribution in [0.3, 0.4) is 0 Å². The zero-order chi connectivity index (χ0) is 15.5. The number of benzene rings is 1. The molecule has 2 rings (SSSR count). The molecule has 1 atom stereocenters. The van der Waals surface area contributed by atoms with Gasteiger partial charge < -0.3 is 9.84 Å². The zero-order valence-corrected chi connectivity index (χ0v) is 13.3. The van der Waals surface area contributed by atoms with E-state index in [-0.39, 0.29) is 0 Å². The predicted molar refractivity (Wildman–Crippen MR) is 82.9 cm³/mol. The number of likely N-dealkylation sites (tertiary alicyclic amines) is 1. The molecule has 0 bridgehead atoms. The molecular weight excluding hydrogens is 290 g/mol. The van der Waals surface area contributed by atoms with Gasteiger partial charge in [0, 0.05) is 6.54 Å². The van der Waals surface area contributed by atoms with Crippen LogP contribution in [0.2, 0.25) is 5.02 Å². The van der Waals surface area contributed by atoms with Crippen molar-refractivity contribution in [2.24, 2.45) is 0 Å². The number of nitrogens with zero attached hydrogens (tertiary/aromatic N) is 1. The molecule has 21 heavy (non-hydrogen) atoms. The standard InChI is InChI=1S/C16H22ClNO3/c1-3-7-16(15(19)20)8-4-9-18(16)11-12-5-6-14(21-2)13(17)10-12/h5-6,10H,3-4,7-9,11H2,1-2H3,(H,19,20). The van der Waals surface area contributed by atoms with Crippen molar-refractivity contribution < 1.29 is 14.6 Å². The maximum Gasteiger partial charge on any atom is 0.324 e. The number of rotatable bonds is 6. The Balaban J connectivity index is 2.21. The van der Waals surface area contributed by atoms with Gasteiger partial charge in [0.2, 0.25) is 0 Å². The molecule has 1 aromatic carbocycles. The van der Waals surface area contributed by atoms with Gasteiger partial charge in [-0.05, 0) is 43.5 Å². The average molecular weight is 312 g/mol. The summed E-state index contributed by atoms with van der Waals surface area (Å²) in [6.45, 7) is 3.46. The minimum Gasteiger partial charge on any atom is -0.495 e. The van der Waals surface area contributed by atoms with Gasteiger partial charge in [-0.25, -0.2) is 0 Å². The van der Waals surface area contributed by atoms with Gasteiger partial charge >= 0.3 is 5.97 Å². The Morgan fingerprint density at radius 3 is 2.86 bits per heavy atom. The van der Waals surface area contributed by atoms with Crippen molar-refractivity contribution in [3.05, 3.63) is 28.8 Å². The molecule has 0 saturated carbocycles. The number of carbonyl (C=O) groups is 1. The minimum atomic E-state index is -0.721. The van der Waals surface area contributed by atoms with Crippen LogP contribution in [0.25, 0.3) is 0 Å². The molecule has 1 unspecified atom stereocenters. The lowest BCUT2D eigenvalue weighted by Crippen LogP contribution is -2.49. The fraction of sp³-hybridized carbons (Fsp3) is 0.562. The number of ether oxygens (including phenoxy) is 1. The van der Waals surface area contributed by atoms with Gasteiger partial charge in [-0.3, -0.25) is 9.69 Å². The lowest BCUT2D eigenvalue weighted by Gasteiger charge is -2.34. The van der Waals surface area contributed by atoms with E-state index in [9.17, 15) is 9.90 Å². The van der Waals surface area contributed by atoms with E-state index in [2.05, 4.69) is 4.90 Å². The molecule has 0 amide bonds.